The first-order chi connectivity index (χ1) is 15.0. The van der Waals surface area contributed by atoms with Crippen molar-refractivity contribution >= 4 is 33.5 Å². The fourth-order valence-electron chi connectivity index (χ4n) is 4.30. The number of benzene rings is 3. The molecule has 0 atom stereocenters. The first-order valence-corrected chi connectivity index (χ1v) is 10.4. The Balaban J connectivity index is 1.48. The minimum atomic E-state index is -0.210. The summed E-state index contributed by atoms with van der Waals surface area (Å²) >= 11 is 0. The van der Waals surface area contributed by atoms with Crippen LogP contribution in [-0.4, -0.2) is 39.3 Å². The van der Waals surface area contributed by atoms with E-state index in [1.54, 1.807) is 16.7 Å². The molecule has 3 aromatic carbocycles. The Bertz CT molecular complexity index is 1390. The van der Waals surface area contributed by atoms with Crippen molar-refractivity contribution in [1.29, 1.82) is 5.41 Å². The molecule has 5 rings (SSSR count). The fourth-order valence-corrected chi connectivity index (χ4v) is 4.30. The highest BCUT2D eigenvalue weighted by molar-refractivity contribution is 5.99. The largest absolute Gasteiger partial charge is 0.384 e. The number of hydrogen-bond donors (Lipinski definition) is 3. The zero-order valence-corrected chi connectivity index (χ0v) is 17.0. The van der Waals surface area contributed by atoms with Gasteiger partial charge in [0.15, 0.2) is 0 Å². The van der Waals surface area contributed by atoms with E-state index in [1.165, 1.54) is 0 Å². The predicted octanol–water partition coefficient (Wildman–Crippen LogP) is 3.05. The summed E-state index contributed by atoms with van der Waals surface area (Å²) in [5.74, 6) is 0.0447. The number of carbonyl (C=O) groups excluding carboxylic acids is 1. The second-order valence-electron chi connectivity index (χ2n) is 8.06. The summed E-state index contributed by atoms with van der Waals surface area (Å²) in [6, 6.07) is 17.1. The Labute approximate surface area is 178 Å². The number of fused-ring (bicyclic) bond motifs is 2. The van der Waals surface area contributed by atoms with E-state index in [9.17, 15) is 9.59 Å². The molecule has 4 N–H and O–H groups in total. The summed E-state index contributed by atoms with van der Waals surface area (Å²) in [6.07, 6.45) is 2.09. The number of nitrogen functional groups attached to an aromatic ring is 1. The molecule has 2 heterocycles. The minimum Gasteiger partial charge on any atom is -0.384 e. The number of H-pyrrole nitrogens is 1. The maximum Gasteiger partial charge on any atom is 0.326 e. The second kappa shape index (κ2) is 7.43. The maximum atomic E-state index is 12.7. The van der Waals surface area contributed by atoms with Crippen LogP contribution in [0.5, 0.6) is 0 Å². The van der Waals surface area contributed by atoms with Crippen LogP contribution in [0.1, 0.15) is 34.3 Å². The van der Waals surface area contributed by atoms with Gasteiger partial charge in [-0.1, -0.05) is 24.3 Å². The molecular weight excluding hydrogens is 390 g/mol. The van der Waals surface area contributed by atoms with Crippen molar-refractivity contribution in [1.82, 2.24) is 14.5 Å². The van der Waals surface area contributed by atoms with Gasteiger partial charge in [-0.25, -0.2) is 4.79 Å². The second-order valence-corrected chi connectivity index (χ2v) is 8.06. The summed E-state index contributed by atoms with van der Waals surface area (Å²) < 4.78 is 1.68. The molecule has 4 aromatic rings. The van der Waals surface area contributed by atoms with Crippen molar-refractivity contribution in [2.75, 3.05) is 13.1 Å². The lowest BCUT2D eigenvalue weighted by molar-refractivity contribution is 0.0793. The van der Waals surface area contributed by atoms with E-state index in [0.29, 0.717) is 23.2 Å². The third-order valence-corrected chi connectivity index (χ3v) is 5.97. The topological polar surface area (TPSA) is 108 Å². The molecule has 0 unspecified atom stereocenters. The van der Waals surface area contributed by atoms with Crippen molar-refractivity contribution in [2.24, 2.45) is 5.73 Å². The van der Waals surface area contributed by atoms with Crippen molar-refractivity contribution in [3.63, 3.8) is 0 Å². The molecule has 156 valence electrons. The first-order valence-electron chi connectivity index (χ1n) is 10.4. The molecule has 1 amide bonds. The number of rotatable bonds is 4. The number of nitrogens with two attached hydrogens (primary N) is 1. The monoisotopic (exact) mass is 413 g/mol. The first kappa shape index (κ1) is 19.1. The van der Waals surface area contributed by atoms with Gasteiger partial charge in [-0.15, -0.1) is 0 Å². The van der Waals surface area contributed by atoms with Gasteiger partial charge in [0.2, 0.25) is 0 Å². The molecular formula is C24H23N5O2. The summed E-state index contributed by atoms with van der Waals surface area (Å²) in [5.41, 5.74) is 9.07. The molecule has 1 aliphatic rings. The lowest BCUT2D eigenvalue weighted by Gasteiger charge is -2.15. The molecule has 7 nitrogen and oxygen atoms in total. The summed E-state index contributed by atoms with van der Waals surface area (Å²) in [7, 11) is 0. The van der Waals surface area contributed by atoms with Gasteiger partial charge >= 0.3 is 5.69 Å². The average molecular weight is 413 g/mol. The van der Waals surface area contributed by atoms with Gasteiger partial charge in [0.05, 0.1) is 17.6 Å². The minimum absolute atomic E-state index is 0.0174. The van der Waals surface area contributed by atoms with Gasteiger partial charge in [0, 0.05) is 24.2 Å². The van der Waals surface area contributed by atoms with E-state index < -0.39 is 0 Å². The predicted molar refractivity (Wildman–Crippen MR) is 122 cm³/mol. The number of nitrogens with zero attached hydrogens (tertiary/aromatic N) is 2. The molecule has 0 bridgehead atoms. The van der Waals surface area contributed by atoms with Crippen molar-refractivity contribution in [3.05, 3.63) is 81.8 Å². The Morgan fingerprint density at radius 3 is 2.48 bits per heavy atom. The molecule has 0 spiro atoms. The van der Waals surface area contributed by atoms with Crippen molar-refractivity contribution in [3.8, 4) is 0 Å². The van der Waals surface area contributed by atoms with Crippen LogP contribution < -0.4 is 11.4 Å². The van der Waals surface area contributed by atoms with Gasteiger partial charge in [0.25, 0.3) is 5.91 Å². The van der Waals surface area contributed by atoms with Crippen molar-refractivity contribution in [2.45, 2.75) is 19.4 Å². The summed E-state index contributed by atoms with van der Waals surface area (Å²) in [6.45, 7) is 1.99. The van der Waals surface area contributed by atoms with E-state index in [2.05, 4.69) is 4.98 Å². The highest BCUT2D eigenvalue weighted by Crippen LogP contribution is 2.21. The maximum absolute atomic E-state index is 12.7. The molecule has 31 heavy (non-hydrogen) atoms. The van der Waals surface area contributed by atoms with Crippen LogP contribution in [0.15, 0.2) is 59.4 Å². The highest BCUT2D eigenvalue weighted by Gasteiger charge is 2.20. The molecule has 1 saturated heterocycles. The van der Waals surface area contributed by atoms with Gasteiger partial charge in [-0.3, -0.25) is 14.8 Å². The van der Waals surface area contributed by atoms with Gasteiger partial charge in [-0.05, 0) is 59.5 Å². The summed E-state index contributed by atoms with van der Waals surface area (Å²) in [5, 5.41) is 9.66. The van der Waals surface area contributed by atoms with Crippen LogP contribution >= 0.6 is 0 Å². The number of amides is 1. The molecule has 1 aromatic heterocycles. The fraction of sp³-hybridized carbons (Fsp3) is 0.208. The molecule has 0 saturated carbocycles. The number of likely N-dealkylation sites (tertiary alicyclic amines) is 1. The van der Waals surface area contributed by atoms with Crippen LogP contribution in [0.4, 0.5) is 0 Å². The molecule has 0 aliphatic carbocycles. The highest BCUT2D eigenvalue weighted by atomic mass is 16.2. The zero-order chi connectivity index (χ0) is 21.5. The molecule has 1 aliphatic heterocycles. The van der Waals surface area contributed by atoms with Crippen LogP contribution in [0, 0.1) is 5.41 Å². The van der Waals surface area contributed by atoms with Gasteiger partial charge in [0.1, 0.15) is 5.84 Å². The summed E-state index contributed by atoms with van der Waals surface area (Å²) in [4.78, 5) is 30.1. The number of carbonyl (C=O) groups is 1. The SMILES string of the molecule is N=C(N)c1ccc2ccc(Cn3c(=O)[nH]c4cc(C(=O)N5CCCC5)ccc43)cc2c1. The number of hydrogen-bond acceptors (Lipinski definition) is 3. The number of aromatic nitrogens is 2. The van der Waals surface area contributed by atoms with Gasteiger partial charge < -0.3 is 15.6 Å². The molecule has 1 fully saturated rings. The van der Waals surface area contributed by atoms with E-state index >= 15 is 0 Å². The smallest absolute Gasteiger partial charge is 0.326 e. The number of aromatic amines is 1. The lowest BCUT2D eigenvalue weighted by Crippen LogP contribution is -2.27. The molecule has 0 radical (unpaired) electrons. The molecule has 7 heteroatoms. The Morgan fingerprint density at radius 2 is 1.71 bits per heavy atom. The van der Waals surface area contributed by atoms with E-state index in [0.717, 1.165) is 47.8 Å². The zero-order valence-electron chi connectivity index (χ0n) is 17.0. The van der Waals surface area contributed by atoms with Gasteiger partial charge in [-0.2, -0.15) is 0 Å². The average Bonchev–Trinajstić information content (AvgIpc) is 3.41. The Morgan fingerprint density at radius 1 is 0.968 bits per heavy atom. The van der Waals surface area contributed by atoms with Crippen LogP contribution in [-0.2, 0) is 6.54 Å². The Kier molecular flexibility index (Phi) is 4.58. The number of nitrogens with one attached hydrogen (secondary N) is 2. The standard InChI is InChI=1S/C24H23N5O2/c25-22(26)17-6-5-16-4-3-15(11-19(16)12-17)14-29-21-8-7-18(13-20(21)27-24(29)31)23(30)28-9-1-2-10-28/h3-8,11-13H,1-2,9-10,14H2,(H3,25,26)(H,27,31). The van der Waals surface area contributed by atoms with Crippen molar-refractivity contribution < 1.29 is 4.79 Å². The van der Waals surface area contributed by atoms with E-state index in [-0.39, 0.29) is 17.4 Å². The van der Waals surface area contributed by atoms with Crippen LogP contribution in [0.25, 0.3) is 21.8 Å². The third kappa shape index (κ3) is 3.48. The van der Waals surface area contributed by atoms with E-state index in [1.807, 2.05) is 47.4 Å². The number of amidine groups is 1. The normalized spacial score (nSPS) is 13.9. The quantitative estimate of drug-likeness (QED) is 0.353. The Hall–Kier alpha value is -3.87. The van der Waals surface area contributed by atoms with E-state index in [4.69, 9.17) is 11.1 Å². The van der Waals surface area contributed by atoms with Crippen LogP contribution in [0.3, 0.4) is 0 Å². The van der Waals surface area contributed by atoms with Crippen LogP contribution in [0.2, 0.25) is 0 Å². The lowest BCUT2D eigenvalue weighted by atomic mass is 10.0. The third-order valence-electron chi connectivity index (χ3n) is 5.97. The number of imidazole rings is 1.